The minimum absolute atomic E-state index is 0.0130. The Morgan fingerprint density at radius 3 is 1.28 bits per heavy atom. The Kier molecular flexibility index (Phi) is 9.60. The highest BCUT2D eigenvalue weighted by Gasteiger charge is 2.49. The maximum Gasteiger partial charge on any atom is 0.247 e. The molecular weight excluding hydrogens is 784 g/mol. The van der Waals surface area contributed by atoms with Gasteiger partial charge >= 0.3 is 0 Å². The molecule has 0 saturated heterocycles. The average Bonchev–Trinajstić information content (AvgIpc) is 3.28. The largest absolute Gasteiger partial charge is 0.313 e. The van der Waals surface area contributed by atoms with E-state index < -0.39 is 8.07 Å². The average molecular weight is 838 g/mol. The van der Waals surface area contributed by atoms with E-state index in [9.17, 15) is 0 Å². The topological polar surface area (TPSA) is 3.24 Å². The molecule has 0 saturated carbocycles. The monoisotopic (exact) mass is 837 g/mol. The number of hydrogen-bond donors (Lipinski definition) is 0. The van der Waals surface area contributed by atoms with Gasteiger partial charge in [-0.3, -0.25) is 0 Å². The van der Waals surface area contributed by atoms with Crippen LogP contribution in [0.2, 0.25) is 0 Å². The van der Waals surface area contributed by atoms with Crippen molar-refractivity contribution in [1.82, 2.24) is 0 Å². The van der Waals surface area contributed by atoms with Crippen LogP contribution in [-0.4, -0.2) is 21.5 Å². The molecule has 9 aromatic carbocycles. The molecule has 11 rings (SSSR count). The van der Waals surface area contributed by atoms with Crippen molar-refractivity contribution >= 4 is 103 Å². The summed E-state index contributed by atoms with van der Waals surface area (Å²) in [5, 5.41) is 8.21. The molecule has 0 fully saturated rings. The van der Waals surface area contributed by atoms with Crippen molar-refractivity contribution in [1.29, 1.82) is 0 Å². The second kappa shape index (κ2) is 15.3. The van der Waals surface area contributed by atoms with Gasteiger partial charge in [-0.05, 0) is 121 Å². The lowest BCUT2D eigenvalue weighted by Gasteiger charge is -2.46. The number of aryl methyl sites for hydroxylation is 8. The molecule has 0 bridgehead atoms. The lowest BCUT2D eigenvalue weighted by molar-refractivity contribution is 1.28. The van der Waals surface area contributed by atoms with Crippen LogP contribution >= 0.6 is 0 Å². The van der Waals surface area contributed by atoms with Crippen LogP contribution in [0.1, 0.15) is 44.5 Å². The van der Waals surface area contributed by atoms with Gasteiger partial charge in [-0.15, -0.1) is 0 Å². The summed E-state index contributed by atoms with van der Waals surface area (Å²) in [4.78, 5) is 2.66. The Morgan fingerprint density at radius 1 is 0.359 bits per heavy atom. The lowest BCUT2D eigenvalue weighted by atomic mass is 9.29. The fraction of sp³-hybridized carbons (Fsp3) is 0.133. The van der Waals surface area contributed by atoms with Crippen LogP contribution in [0.3, 0.4) is 0 Å². The van der Waals surface area contributed by atoms with Crippen molar-refractivity contribution in [2.24, 2.45) is 0 Å². The molecule has 0 atom stereocenters. The second-order valence-electron chi connectivity index (χ2n) is 19.0. The molecule has 64 heavy (non-hydrogen) atoms. The van der Waals surface area contributed by atoms with Crippen LogP contribution in [0.15, 0.2) is 176 Å². The van der Waals surface area contributed by atoms with Crippen LogP contribution in [0.4, 0.5) is 17.1 Å². The summed E-state index contributed by atoms with van der Waals surface area (Å²) in [5.74, 6) is 0. The van der Waals surface area contributed by atoms with Gasteiger partial charge in [-0.2, -0.15) is 0 Å². The molecule has 0 unspecified atom stereocenters. The first-order valence-corrected chi connectivity index (χ1v) is 25.0. The van der Waals surface area contributed by atoms with Gasteiger partial charge in [0.1, 0.15) is 0 Å². The molecule has 2 aliphatic heterocycles. The molecule has 0 aromatic heterocycles. The Hall–Kier alpha value is -6.61. The molecule has 1 nitrogen and oxygen atoms in total. The highest BCUT2D eigenvalue weighted by Crippen LogP contribution is 2.38. The van der Waals surface area contributed by atoms with Crippen molar-refractivity contribution in [3.05, 3.63) is 220 Å². The zero-order chi connectivity index (χ0) is 44.0. The highest BCUT2D eigenvalue weighted by atomic mass is 28.3. The molecule has 2 aliphatic rings. The Balaban J connectivity index is 1.39. The summed E-state index contributed by atoms with van der Waals surface area (Å²) in [6.07, 6.45) is 0. The molecule has 0 radical (unpaired) electrons. The van der Waals surface area contributed by atoms with Gasteiger partial charge < -0.3 is 4.90 Å². The Bertz CT molecular complexity index is 3110. The van der Waals surface area contributed by atoms with Gasteiger partial charge in [0.05, 0.1) is 0 Å². The van der Waals surface area contributed by atoms with Gasteiger partial charge in [0.15, 0.2) is 8.07 Å². The maximum atomic E-state index is 2.71. The van der Waals surface area contributed by atoms with Gasteiger partial charge in [-0.25, -0.2) is 0 Å². The quantitative estimate of drug-likeness (QED) is 0.122. The SMILES string of the molecule is Cc1cc(C)c(B2c3cc(C)ccc3N3c4ccc(C)cc4B(c4c(C)cc(C)cc4C)c4cc([Si](c5ccccc5)(c5ccccc5)c5cccc6ccccc56)cc2c43)c(C)c1. The van der Waals surface area contributed by atoms with E-state index in [4.69, 9.17) is 0 Å². The molecule has 308 valence electrons. The predicted octanol–water partition coefficient (Wildman–Crippen LogP) is 7.81. The van der Waals surface area contributed by atoms with E-state index in [2.05, 4.69) is 236 Å². The standard InChI is InChI=1S/C60H53B2NSi/c1-38-26-28-55-51(34-38)61(58-42(5)30-40(3)31-43(58)6)53-36-49(37-54-60(53)63(55)56-29-27-39(2)35-52(56)62(54)59-44(7)32-41(4)33-45(59)8)64(47-20-11-9-12-21-47,48-22-13-10-14-23-48)57-25-17-19-46-18-15-16-24-50(46)57/h9-37H,1-8H3. The van der Waals surface area contributed by atoms with E-state index in [0.29, 0.717) is 0 Å². The summed E-state index contributed by atoms with van der Waals surface area (Å²) < 4.78 is 0. The summed E-state index contributed by atoms with van der Waals surface area (Å²) in [6, 6.07) is 68.7. The van der Waals surface area contributed by atoms with Crippen molar-refractivity contribution in [2.45, 2.75) is 55.4 Å². The van der Waals surface area contributed by atoms with Gasteiger partial charge in [0.25, 0.3) is 0 Å². The van der Waals surface area contributed by atoms with E-state index >= 15 is 0 Å². The second-order valence-corrected chi connectivity index (χ2v) is 22.7. The fourth-order valence-corrected chi connectivity index (χ4v) is 17.4. The minimum atomic E-state index is -3.13. The maximum absolute atomic E-state index is 3.13. The third-order valence-corrected chi connectivity index (χ3v) is 19.4. The molecular formula is C60H53B2NSi. The third-order valence-electron chi connectivity index (χ3n) is 14.6. The molecule has 4 heteroatoms. The number of nitrogens with zero attached hydrogens (tertiary/aromatic N) is 1. The summed E-state index contributed by atoms with van der Waals surface area (Å²) in [5.41, 5.74) is 22.8. The number of rotatable bonds is 6. The van der Waals surface area contributed by atoms with E-state index in [0.717, 1.165) is 0 Å². The van der Waals surface area contributed by atoms with E-state index in [-0.39, 0.29) is 13.4 Å². The van der Waals surface area contributed by atoms with Crippen LogP contribution < -0.4 is 58.4 Å². The molecule has 0 aliphatic carbocycles. The van der Waals surface area contributed by atoms with Crippen molar-refractivity contribution in [3.8, 4) is 0 Å². The zero-order valence-corrected chi connectivity index (χ0v) is 39.3. The van der Waals surface area contributed by atoms with Crippen LogP contribution in [-0.2, 0) is 0 Å². The molecule has 0 spiro atoms. The van der Waals surface area contributed by atoms with Gasteiger partial charge in [-0.1, -0.05) is 219 Å². The zero-order valence-electron chi connectivity index (χ0n) is 38.3. The van der Waals surface area contributed by atoms with E-state index in [1.807, 2.05) is 0 Å². The lowest BCUT2D eigenvalue weighted by Crippen LogP contribution is -2.77. The minimum Gasteiger partial charge on any atom is -0.313 e. The Labute approximate surface area is 381 Å². The number of fused-ring (bicyclic) bond motifs is 5. The number of benzene rings is 9. The summed E-state index contributed by atoms with van der Waals surface area (Å²) in [6.45, 7) is 18.4. The molecule has 0 N–H and O–H groups in total. The highest BCUT2D eigenvalue weighted by molar-refractivity contribution is 7.21. The van der Waals surface area contributed by atoms with Crippen molar-refractivity contribution in [3.63, 3.8) is 0 Å². The van der Waals surface area contributed by atoms with Gasteiger partial charge in [0, 0.05) is 17.1 Å². The van der Waals surface area contributed by atoms with E-state index in [1.165, 1.54) is 126 Å². The van der Waals surface area contributed by atoms with Crippen LogP contribution in [0.5, 0.6) is 0 Å². The first-order valence-electron chi connectivity index (χ1n) is 23.0. The normalized spacial score (nSPS) is 12.9. The first kappa shape index (κ1) is 40.2. The number of hydrogen-bond acceptors (Lipinski definition) is 1. The fourth-order valence-electron chi connectivity index (χ4n) is 12.3. The van der Waals surface area contributed by atoms with Gasteiger partial charge in [0.2, 0.25) is 13.4 Å². The predicted molar refractivity (Wildman–Crippen MR) is 282 cm³/mol. The van der Waals surface area contributed by atoms with Crippen molar-refractivity contribution < 1.29 is 0 Å². The molecule has 9 aromatic rings. The van der Waals surface area contributed by atoms with Crippen molar-refractivity contribution in [2.75, 3.05) is 4.90 Å². The Morgan fingerprint density at radius 2 is 0.797 bits per heavy atom. The first-order chi connectivity index (χ1) is 31.0. The molecule has 0 amide bonds. The smallest absolute Gasteiger partial charge is 0.247 e. The number of anilines is 3. The third kappa shape index (κ3) is 6.06. The van der Waals surface area contributed by atoms with E-state index in [1.54, 1.807) is 0 Å². The molecule has 2 heterocycles. The summed E-state index contributed by atoms with van der Waals surface area (Å²) in [7, 11) is -3.13. The summed E-state index contributed by atoms with van der Waals surface area (Å²) >= 11 is 0. The van der Waals surface area contributed by atoms with Crippen LogP contribution in [0, 0.1) is 55.4 Å². The van der Waals surface area contributed by atoms with Crippen LogP contribution in [0.25, 0.3) is 10.8 Å².